The Morgan fingerprint density at radius 3 is 2.63 bits per heavy atom. The number of carbonyl (C=O) groups is 1. The minimum Gasteiger partial charge on any atom is -0.388 e. The normalized spacial score (nSPS) is 19.9. The van der Waals surface area contributed by atoms with Gasteiger partial charge < -0.3 is 15.2 Å². The van der Waals surface area contributed by atoms with Gasteiger partial charge in [0, 0.05) is 7.05 Å². The molecule has 9 heteroatoms. The molecule has 2 N–H and O–H groups in total. The third-order valence-electron chi connectivity index (χ3n) is 6.22. The first-order chi connectivity index (χ1) is 14.7. The second kappa shape index (κ2) is 7.41. The second-order valence-corrected chi connectivity index (χ2v) is 7.84. The van der Waals surface area contributed by atoms with Crippen LogP contribution in [0.1, 0.15) is 49.3 Å². The Hall–Kier alpha value is -2.91. The highest BCUT2D eigenvalue weighted by Gasteiger charge is 2.55. The average Bonchev–Trinajstić information content (AvgIpc) is 3.38. The van der Waals surface area contributed by atoms with Gasteiger partial charge in [-0.3, -0.25) is 9.69 Å². The summed E-state index contributed by atoms with van der Waals surface area (Å²) in [5.74, 6) is 2.03. The van der Waals surface area contributed by atoms with Crippen molar-refractivity contribution in [1.82, 2.24) is 19.9 Å². The maximum atomic E-state index is 13.7. The van der Waals surface area contributed by atoms with Gasteiger partial charge in [-0.05, 0) is 24.8 Å². The third kappa shape index (κ3) is 2.80. The first kappa shape index (κ1) is 19.1. The topological polar surface area (TPSA) is 113 Å². The van der Waals surface area contributed by atoms with Gasteiger partial charge in [0.05, 0.1) is 42.3 Å². The van der Waals surface area contributed by atoms with Crippen LogP contribution in [0.5, 0.6) is 0 Å². The molecule has 0 bridgehead atoms. The summed E-state index contributed by atoms with van der Waals surface area (Å²) in [5, 5.41) is 12.8. The molecule has 1 saturated carbocycles. The SMILES string of the molecule is CNc1nc(CO)nc2c1C1(CCCC1)C(=O)N2c1cnc(C2=CCOCC2)nc1. The largest absolute Gasteiger partial charge is 0.388 e. The fourth-order valence-electron chi connectivity index (χ4n) is 4.78. The van der Waals surface area contributed by atoms with Crippen molar-refractivity contribution in [3.8, 4) is 0 Å². The molecule has 5 rings (SSSR count). The standard InChI is InChI=1S/C21H24N6O3/c1-22-18-16-19(26-15(12-28)25-18)27(20(29)21(16)6-2-3-7-21)14-10-23-17(24-11-14)13-4-8-30-9-5-13/h4,10-11,28H,2-3,5-9,12H2,1H3,(H,22,25,26). The van der Waals surface area contributed by atoms with Crippen molar-refractivity contribution in [2.75, 3.05) is 30.5 Å². The van der Waals surface area contributed by atoms with Crippen LogP contribution in [-0.4, -0.2) is 51.2 Å². The molecule has 1 amide bonds. The molecule has 30 heavy (non-hydrogen) atoms. The maximum absolute atomic E-state index is 13.7. The summed E-state index contributed by atoms with van der Waals surface area (Å²) in [5.41, 5.74) is 1.81. The second-order valence-electron chi connectivity index (χ2n) is 7.84. The minimum atomic E-state index is -0.635. The van der Waals surface area contributed by atoms with E-state index < -0.39 is 5.41 Å². The Labute approximate surface area is 174 Å². The third-order valence-corrected chi connectivity index (χ3v) is 6.22. The van der Waals surface area contributed by atoms with Gasteiger partial charge in [0.2, 0.25) is 5.91 Å². The van der Waals surface area contributed by atoms with E-state index in [0.717, 1.165) is 43.2 Å². The summed E-state index contributed by atoms with van der Waals surface area (Å²) in [6.07, 6.45) is 9.59. The van der Waals surface area contributed by atoms with E-state index in [1.54, 1.807) is 24.3 Å². The number of amides is 1. The Balaban J connectivity index is 1.61. The van der Waals surface area contributed by atoms with Crippen LogP contribution in [0.2, 0.25) is 0 Å². The summed E-state index contributed by atoms with van der Waals surface area (Å²) in [6, 6.07) is 0. The van der Waals surface area contributed by atoms with Gasteiger partial charge >= 0.3 is 0 Å². The van der Waals surface area contributed by atoms with Crippen LogP contribution in [0.25, 0.3) is 5.57 Å². The van der Waals surface area contributed by atoms with Crippen LogP contribution < -0.4 is 10.2 Å². The number of aliphatic hydroxyl groups excluding tert-OH is 1. The number of hydrogen-bond donors (Lipinski definition) is 2. The molecular weight excluding hydrogens is 384 g/mol. The Morgan fingerprint density at radius 2 is 2.00 bits per heavy atom. The molecule has 0 unspecified atom stereocenters. The van der Waals surface area contributed by atoms with Crippen LogP contribution in [0, 0.1) is 0 Å². The maximum Gasteiger partial charge on any atom is 0.243 e. The number of ether oxygens (including phenoxy) is 1. The van der Waals surface area contributed by atoms with Crippen molar-refractivity contribution < 1.29 is 14.6 Å². The van der Waals surface area contributed by atoms with E-state index in [1.807, 2.05) is 6.08 Å². The van der Waals surface area contributed by atoms with Crippen LogP contribution in [0.4, 0.5) is 17.3 Å². The fourth-order valence-corrected chi connectivity index (χ4v) is 4.78. The smallest absolute Gasteiger partial charge is 0.243 e. The molecule has 156 valence electrons. The highest BCUT2D eigenvalue weighted by atomic mass is 16.5. The highest BCUT2D eigenvalue weighted by molar-refractivity contribution is 6.13. The van der Waals surface area contributed by atoms with E-state index >= 15 is 0 Å². The number of aromatic nitrogens is 4. The van der Waals surface area contributed by atoms with Crippen LogP contribution in [0.15, 0.2) is 18.5 Å². The lowest BCUT2D eigenvalue weighted by Crippen LogP contribution is -2.36. The molecule has 2 aromatic rings. The number of carbonyl (C=O) groups excluding carboxylic acids is 1. The molecule has 0 atom stereocenters. The van der Waals surface area contributed by atoms with Gasteiger partial charge in [-0.1, -0.05) is 18.9 Å². The molecule has 9 nitrogen and oxygen atoms in total. The monoisotopic (exact) mass is 408 g/mol. The van der Waals surface area contributed by atoms with E-state index in [9.17, 15) is 9.90 Å². The molecule has 2 aliphatic heterocycles. The van der Waals surface area contributed by atoms with Crippen molar-refractivity contribution >= 4 is 28.8 Å². The van der Waals surface area contributed by atoms with Gasteiger partial charge in [0.25, 0.3) is 0 Å². The zero-order valence-electron chi connectivity index (χ0n) is 16.9. The van der Waals surface area contributed by atoms with Gasteiger partial charge in [0.15, 0.2) is 11.6 Å². The van der Waals surface area contributed by atoms with Gasteiger partial charge in [0.1, 0.15) is 18.2 Å². The molecule has 3 aliphatic rings. The van der Waals surface area contributed by atoms with E-state index in [0.29, 0.717) is 36.4 Å². The number of nitrogens with zero attached hydrogens (tertiary/aromatic N) is 5. The van der Waals surface area contributed by atoms with Crippen LogP contribution in [0.3, 0.4) is 0 Å². The molecule has 1 aliphatic carbocycles. The van der Waals surface area contributed by atoms with Crippen molar-refractivity contribution in [2.24, 2.45) is 0 Å². The van der Waals surface area contributed by atoms with Crippen molar-refractivity contribution in [1.29, 1.82) is 0 Å². The summed E-state index contributed by atoms with van der Waals surface area (Å²) in [6.45, 7) is 0.919. The fraction of sp³-hybridized carbons (Fsp3) is 0.476. The molecule has 1 spiro atoms. The van der Waals surface area contributed by atoms with Crippen LogP contribution in [-0.2, 0) is 21.6 Å². The first-order valence-corrected chi connectivity index (χ1v) is 10.3. The predicted molar refractivity (Wildman–Crippen MR) is 110 cm³/mol. The summed E-state index contributed by atoms with van der Waals surface area (Å²) in [7, 11) is 1.78. The Bertz CT molecular complexity index is 1010. The van der Waals surface area contributed by atoms with Gasteiger partial charge in [-0.2, -0.15) is 0 Å². The van der Waals surface area contributed by atoms with Gasteiger partial charge in [-0.15, -0.1) is 0 Å². The molecule has 4 heterocycles. The molecule has 0 aromatic carbocycles. The summed E-state index contributed by atoms with van der Waals surface area (Å²) >= 11 is 0. The number of hydrogen-bond acceptors (Lipinski definition) is 8. The number of nitrogens with one attached hydrogen (secondary N) is 1. The first-order valence-electron chi connectivity index (χ1n) is 10.3. The number of fused-ring (bicyclic) bond motifs is 2. The van der Waals surface area contributed by atoms with Crippen molar-refractivity contribution in [3.63, 3.8) is 0 Å². The van der Waals surface area contributed by atoms with Crippen LogP contribution >= 0.6 is 0 Å². The minimum absolute atomic E-state index is 0.0162. The van der Waals surface area contributed by atoms with Crippen molar-refractivity contribution in [2.45, 2.75) is 44.1 Å². The van der Waals surface area contributed by atoms with E-state index in [2.05, 4.69) is 25.3 Å². The predicted octanol–water partition coefficient (Wildman–Crippen LogP) is 2.09. The zero-order chi connectivity index (χ0) is 20.7. The number of anilines is 3. The van der Waals surface area contributed by atoms with E-state index in [4.69, 9.17) is 4.74 Å². The van der Waals surface area contributed by atoms with Crippen molar-refractivity contribution in [3.05, 3.63) is 35.7 Å². The highest BCUT2D eigenvalue weighted by Crippen LogP contribution is 2.54. The van der Waals surface area contributed by atoms with E-state index in [1.165, 1.54) is 0 Å². The lowest BCUT2D eigenvalue weighted by Gasteiger charge is -2.23. The zero-order valence-corrected chi connectivity index (χ0v) is 16.9. The lowest BCUT2D eigenvalue weighted by molar-refractivity contribution is -0.122. The molecule has 1 fully saturated rings. The number of rotatable bonds is 4. The molecule has 0 saturated heterocycles. The Morgan fingerprint density at radius 1 is 1.23 bits per heavy atom. The lowest BCUT2D eigenvalue weighted by atomic mass is 9.80. The summed E-state index contributed by atoms with van der Waals surface area (Å²) in [4.78, 5) is 33.3. The number of aliphatic hydroxyl groups is 1. The van der Waals surface area contributed by atoms with Gasteiger partial charge in [-0.25, -0.2) is 19.9 Å². The Kier molecular flexibility index (Phi) is 4.71. The molecule has 2 aromatic heterocycles. The quantitative estimate of drug-likeness (QED) is 0.791. The molecule has 0 radical (unpaired) electrons. The van der Waals surface area contributed by atoms with E-state index in [-0.39, 0.29) is 18.3 Å². The average molecular weight is 408 g/mol. The molecular formula is C21H24N6O3. The summed E-state index contributed by atoms with van der Waals surface area (Å²) < 4.78 is 5.35.